The number of carbonyl (C=O) groups excluding carboxylic acids is 2. The van der Waals surface area contributed by atoms with Crippen molar-refractivity contribution >= 4 is 17.9 Å². The summed E-state index contributed by atoms with van der Waals surface area (Å²) < 4.78 is 26.3. The zero-order valence-electron chi connectivity index (χ0n) is 11.8. The van der Waals surface area contributed by atoms with E-state index >= 15 is 0 Å². The molecular weight excluding hydrogens is 294 g/mol. The van der Waals surface area contributed by atoms with Gasteiger partial charge in [-0.1, -0.05) is 18.2 Å². The number of benzene rings is 1. The van der Waals surface area contributed by atoms with Crippen LogP contribution in [0, 0.1) is 0 Å². The van der Waals surface area contributed by atoms with Gasteiger partial charge in [-0.3, -0.25) is 14.8 Å². The van der Waals surface area contributed by atoms with E-state index in [1.54, 1.807) is 24.3 Å². The second-order valence-electron chi connectivity index (χ2n) is 5.04. The summed E-state index contributed by atoms with van der Waals surface area (Å²) in [5.74, 6) is -3.78. The topological polar surface area (TPSA) is 69.6 Å². The second kappa shape index (κ2) is 6.65. The lowest BCUT2D eigenvalue weighted by Gasteiger charge is -2.32. The van der Waals surface area contributed by atoms with Gasteiger partial charge in [-0.25, -0.2) is 14.3 Å². The van der Waals surface area contributed by atoms with Crippen molar-refractivity contribution in [1.82, 2.24) is 10.4 Å². The van der Waals surface area contributed by atoms with Crippen molar-refractivity contribution in [3.8, 4) is 0 Å². The molecule has 1 saturated heterocycles. The van der Waals surface area contributed by atoms with Gasteiger partial charge in [-0.2, -0.15) is 0 Å². The van der Waals surface area contributed by atoms with Gasteiger partial charge in [-0.05, 0) is 17.7 Å². The number of hydroxylamine groups is 1. The molecule has 1 aliphatic heterocycles. The maximum Gasteiger partial charge on any atom is 0.267 e. The molecule has 0 atom stereocenters. The van der Waals surface area contributed by atoms with Crippen molar-refractivity contribution in [2.75, 3.05) is 13.1 Å². The molecule has 5 nitrogen and oxygen atoms in total. The number of nitrogens with zero attached hydrogens (tertiary/aromatic N) is 1. The van der Waals surface area contributed by atoms with E-state index in [0.29, 0.717) is 11.1 Å². The molecule has 0 radical (unpaired) electrons. The first-order chi connectivity index (χ1) is 10.4. The Morgan fingerprint density at radius 1 is 1.23 bits per heavy atom. The fraction of sp³-hybridized carbons (Fsp3) is 0.333. The summed E-state index contributed by atoms with van der Waals surface area (Å²) in [6.07, 6.45) is 1.78. The molecule has 2 rings (SSSR count). The lowest BCUT2D eigenvalue weighted by atomic mass is 10.0. The normalized spacial score (nSPS) is 17.5. The van der Waals surface area contributed by atoms with Crippen molar-refractivity contribution in [2.45, 2.75) is 18.8 Å². The smallest absolute Gasteiger partial charge is 0.267 e. The maximum absolute atomic E-state index is 13.2. The Hall–Kier alpha value is -2.28. The van der Waals surface area contributed by atoms with E-state index in [-0.39, 0.29) is 31.8 Å². The van der Waals surface area contributed by atoms with E-state index in [2.05, 4.69) is 0 Å². The summed E-state index contributed by atoms with van der Waals surface area (Å²) in [5, 5.41) is 8.45. The monoisotopic (exact) mass is 310 g/mol. The van der Waals surface area contributed by atoms with Gasteiger partial charge in [0.05, 0.1) is 0 Å². The third-order valence-corrected chi connectivity index (χ3v) is 3.50. The number of likely N-dealkylation sites (tertiary alicyclic amines) is 1. The van der Waals surface area contributed by atoms with Crippen LogP contribution >= 0.6 is 0 Å². The van der Waals surface area contributed by atoms with Gasteiger partial charge in [0.2, 0.25) is 0 Å². The van der Waals surface area contributed by atoms with Crippen LogP contribution < -0.4 is 5.48 Å². The number of carbonyl (C=O) groups is 2. The number of hydrogen-bond acceptors (Lipinski definition) is 3. The van der Waals surface area contributed by atoms with E-state index in [1.165, 1.54) is 16.5 Å². The van der Waals surface area contributed by atoms with Crippen molar-refractivity contribution in [3.63, 3.8) is 0 Å². The van der Waals surface area contributed by atoms with E-state index in [4.69, 9.17) is 5.21 Å². The fourth-order valence-electron chi connectivity index (χ4n) is 2.25. The summed E-state index contributed by atoms with van der Waals surface area (Å²) in [7, 11) is 0. The van der Waals surface area contributed by atoms with Crippen LogP contribution in [0.2, 0.25) is 0 Å². The number of nitrogens with one attached hydrogen (secondary N) is 1. The number of alkyl halides is 2. The Morgan fingerprint density at radius 3 is 2.50 bits per heavy atom. The average molecular weight is 310 g/mol. The lowest BCUT2D eigenvalue weighted by Crippen LogP contribution is -2.42. The van der Waals surface area contributed by atoms with Crippen LogP contribution in [-0.4, -0.2) is 40.9 Å². The van der Waals surface area contributed by atoms with Gasteiger partial charge >= 0.3 is 0 Å². The van der Waals surface area contributed by atoms with Crippen LogP contribution in [0.5, 0.6) is 0 Å². The molecule has 1 aromatic carbocycles. The molecule has 1 fully saturated rings. The fourth-order valence-corrected chi connectivity index (χ4v) is 2.25. The highest BCUT2D eigenvalue weighted by Crippen LogP contribution is 2.28. The number of rotatable bonds is 3. The number of halogens is 2. The first-order valence-corrected chi connectivity index (χ1v) is 6.81. The molecule has 2 N–H and O–H groups in total. The van der Waals surface area contributed by atoms with Crippen molar-refractivity contribution in [2.24, 2.45) is 0 Å². The first-order valence-electron chi connectivity index (χ1n) is 6.81. The molecule has 0 unspecified atom stereocenters. The van der Waals surface area contributed by atoms with Gasteiger partial charge < -0.3 is 4.90 Å². The predicted octanol–water partition coefficient (Wildman–Crippen LogP) is 2.08. The molecule has 1 aromatic rings. The second-order valence-corrected chi connectivity index (χ2v) is 5.04. The van der Waals surface area contributed by atoms with E-state index in [0.717, 1.165) is 6.08 Å². The van der Waals surface area contributed by atoms with Crippen molar-refractivity contribution in [1.29, 1.82) is 0 Å². The number of piperidine rings is 1. The third-order valence-electron chi connectivity index (χ3n) is 3.50. The Bertz CT molecular complexity index is 592. The Labute approximate surface area is 126 Å². The van der Waals surface area contributed by atoms with Gasteiger partial charge in [0, 0.05) is 37.6 Å². The highest BCUT2D eigenvalue weighted by molar-refractivity contribution is 5.99. The molecule has 118 valence electrons. The third kappa shape index (κ3) is 3.88. The molecule has 1 heterocycles. The zero-order valence-corrected chi connectivity index (χ0v) is 11.8. The van der Waals surface area contributed by atoms with Crippen LogP contribution in [0.3, 0.4) is 0 Å². The number of hydrogen-bond donors (Lipinski definition) is 2. The molecule has 0 aromatic heterocycles. The van der Waals surface area contributed by atoms with Crippen molar-refractivity contribution in [3.05, 3.63) is 41.5 Å². The van der Waals surface area contributed by atoms with Crippen LogP contribution in [0.4, 0.5) is 8.78 Å². The minimum Gasteiger partial charge on any atom is -0.338 e. The molecule has 0 saturated carbocycles. The maximum atomic E-state index is 13.2. The summed E-state index contributed by atoms with van der Waals surface area (Å²) in [5.41, 5.74) is 2.26. The van der Waals surface area contributed by atoms with Gasteiger partial charge in [0.15, 0.2) is 0 Å². The van der Waals surface area contributed by atoms with Crippen LogP contribution in [0.15, 0.2) is 30.3 Å². The minimum absolute atomic E-state index is 0.00100. The lowest BCUT2D eigenvalue weighted by molar-refractivity contribution is -0.124. The standard InChI is InChI=1S/C15H16F2N2O3/c16-15(17)7-9-19(10-8-15)14(21)12-4-2-1-3-11(12)5-6-13(20)18-22/h1-6,22H,7-10H2,(H,18,20). The zero-order chi connectivity index (χ0) is 16.2. The Balaban J connectivity index is 2.16. The van der Waals surface area contributed by atoms with E-state index in [9.17, 15) is 18.4 Å². The van der Waals surface area contributed by atoms with Crippen LogP contribution in [0.25, 0.3) is 6.08 Å². The largest absolute Gasteiger partial charge is 0.338 e. The quantitative estimate of drug-likeness (QED) is 0.510. The molecule has 2 amide bonds. The molecule has 1 aliphatic rings. The molecule has 0 aliphatic carbocycles. The van der Waals surface area contributed by atoms with E-state index in [1.807, 2.05) is 0 Å². The molecule has 0 spiro atoms. The van der Waals surface area contributed by atoms with Gasteiger partial charge in [0.25, 0.3) is 17.7 Å². The molecule has 0 bridgehead atoms. The molecular formula is C15H16F2N2O3. The van der Waals surface area contributed by atoms with Crippen LogP contribution in [0.1, 0.15) is 28.8 Å². The van der Waals surface area contributed by atoms with Crippen molar-refractivity contribution < 1.29 is 23.6 Å². The SMILES string of the molecule is O=C(C=Cc1ccccc1C(=O)N1CCC(F)(F)CC1)NO. The molecule has 22 heavy (non-hydrogen) atoms. The van der Waals surface area contributed by atoms with Gasteiger partial charge in [0.1, 0.15) is 0 Å². The highest BCUT2D eigenvalue weighted by atomic mass is 19.3. The first kappa shape index (κ1) is 16.1. The number of amides is 2. The summed E-state index contributed by atoms with van der Waals surface area (Å²) in [6.45, 7) is 0.00200. The van der Waals surface area contributed by atoms with Gasteiger partial charge in [-0.15, -0.1) is 0 Å². The summed E-state index contributed by atoms with van der Waals surface area (Å²) in [6, 6.07) is 6.56. The average Bonchev–Trinajstić information content (AvgIpc) is 2.52. The van der Waals surface area contributed by atoms with Crippen LogP contribution in [-0.2, 0) is 4.79 Å². The Morgan fingerprint density at radius 2 is 1.86 bits per heavy atom. The predicted molar refractivity (Wildman–Crippen MR) is 75.5 cm³/mol. The summed E-state index contributed by atoms with van der Waals surface area (Å²) in [4.78, 5) is 24.8. The minimum atomic E-state index is -2.71. The molecule has 7 heteroatoms. The summed E-state index contributed by atoms with van der Waals surface area (Å²) >= 11 is 0. The van der Waals surface area contributed by atoms with E-state index < -0.39 is 11.8 Å². The Kier molecular flexibility index (Phi) is 4.87. The highest BCUT2D eigenvalue weighted by Gasteiger charge is 2.35.